The largest absolute Gasteiger partial charge is 0.391 e. The van der Waals surface area contributed by atoms with Crippen molar-refractivity contribution in [3.05, 3.63) is 24.7 Å². The van der Waals surface area contributed by atoms with Crippen LogP contribution in [0.4, 0.5) is 0 Å². The molecule has 6 nitrogen and oxygen atoms in total. The number of hydrogen-bond donors (Lipinski definition) is 0. The lowest BCUT2D eigenvalue weighted by molar-refractivity contribution is 0.436. The molecule has 0 saturated heterocycles. The second-order valence-corrected chi connectivity index (χ2v) is 8.51. The SMILES string of the molecule is CC1CC=COS(=O)(=O)C1.CC1CCC=COS1(=O)=O. The van der Waals surface area contributed by atoms with E-state index in [1.807, 2.05) is 6.92 Å². The predicted octanol–water partition coefficient (Wildman–Crippen LogP) is 1.92. The van der Waals surface area contributed by atoms with Crippen LogP contribution in [0.15, 0.2) is 24.7 Å². The second-order valence-electron chi connectivity index (χ2n) is 4.88. The quantitative estimate of drug-likeness (QED) is 0.633. The molecule has 0 bridgehead atoms. The van der Waals surface area contributed by atoms with Crippen molar-refractivity contribution in [2.75, 3.05) is 5.75 Å². The summed E-state index contributed by atoms with van der Waals surface area (Å²) in [6.07, 6.45) is 8.16. The molecule has 0 amide bonds. The summed E-state index contributed by atoms with van der Waals surface area (Å²) in [6, 6.07) is 0. The van der Waals surface area contributed by atoms with E-state index in [0.717, 1.165) is 12.8 Å². The van der Waals surface area contributed by atoms with Gasteiger partial charge in [-0.3, -0.25) is 0 Å². The Morgan fingerprint density at radius 2 is 1.65 bits per heavy atom. The van der Waals surface area contributed by atoms with Gasteiger partial charge in [0.25, 0.3) is 0 Å². The molecule has 0 N–H and O–H groups in total. The van der Waals surface area contributed by atoms with Gasteiger partial charge in [-0.25, -0.2) is 0 Å². The average molecular weight is 324 g/mol. The van der Waals surface area contributed by atoms with Crippen LogP contribution in [-0.2, 0) is 28.6 Å². The van der Waals surface area contributed by atoms with Gasteiger partial charge in [0.2, 0.25) is 0 Å². The third kappa shape index (κ3) is 5.96. The van der Waals surface area contributed by atoms with Gasteiger partial charge >= 0.3 is 20.2 Å². The van der Waals surface area contributed by atoms with E-state index in [4.69, 9.17) is 0 Å². The first kappa shape index (κ1) is 17.0. The van der Waals surface area contributed by atoms with Crippen molar-refractivity contribution >= 4 is 20.2 Å². The van der Waals surface area contributed by atoms with E-state index in [0.29, 0.717) is 6.42 Å². The van der Waals surface area contributed by atoms with Crippen molar-refractivity contribution < 1.29 is 25.2 Å². The third-order valence-corrected chi connectivity index (χ3v) is 5.83. The summed E-state index contributed by atoms with van der Waals surface area (Å²) in [4.78, 5) is 0. The van der Waals surface area contributed by atoms with Crippen molar-refractivity contribution in [3.63, 3.8) is 0 Å². The van der Waals surface area contributed by atoms with Crippen molar-refractivity contribution in [3.8, 4) is 0 Å². The minimum Gasteiger partial charge on any atom is -0.391 e. The molecule has 2 unspecified atom stereocenters. The Hall–Kier alpha value is -1.02. The zero-order chi connectivity index (χ0) is 15.2. The van der Waals surface area contributed by atoms with Crippen molar-refractivity contribution in [1.82, 2.24) is 0 Å². The van der Waals surface area contributed by atoms with Gasteiger partial charge in [-0.05, 0) is 44.3 Å². The Bertz CT molecular complexity index is 559. The first-order valence-corrected chi connectivity index (χ1v) is 9.41. The van der Waals surface area contributed by atoms with Crippen LogP contribution < -0.4 is 0 Å². The van der Waals surface area contributed by atoms with E-state index in [1.54, 1.807) is 19.1 Å². The van der Waals surface area contributed by atoms with Crippen LogP contribution >= 0.6 is 0 Å². The van der Waals surface area contributed by atoms with Gasteiger partial charge in [0.05, 0.1) is 11.0 Å². The minimum absolute atomic E-state index is 0.125. The van der Waals surface area contributed by atoms with Crippen LogP contribution in [0.3, 0.4) is 0 Å². The molecule has 0 aromatic rings. The Morgan fingerprint density at radius 3 is 2.35 bits per heavy atom. The predicted molar refractivity (Wildman–Crippen MR) is 75.6 cm³/mol. The molecule has 2 heterocycles. The fraction of sp³-hybridized carbons (Fsp3) is 0.667. The van der Waals surface area contributed by atoms with Crippen LogP contribution in [0.5, 0.6) is 0 Å². The van der Waals surface area contributed by atoms with Gasteiger partial charge in [-0.1, -0.05) is 6.92 Å². The van der Waals surface area contributed by atoms with Crippen LogP contribution in [0.25, 0.3) is 0 Å². The topological polar surface area (TPSA) is 86.7 Å². The molecule has 8 heteroatoms. The lowest BCUT2D eigenvalue weighted by Crippen LogP contribution is -2.16. The molecule has 2 rings (SSSR count). The molecule has 2 aliphatic rings. The van der Waals surface area contributed by atoms with Crippen LogP contribution in [0, 0.1) is 5.92 Å². The molecule has 2 aliphatic heterocycles. The van der Waals surface area contributed by atoms with E-state index in [2.05, 4.69) is 8.37 Å². The molecule has 20 heavy (non-hydrogen) atoms. The normalized spacial score (nSPS) is 30.7. The van der Waals surface area contributed by atoms with Gasteiger partial charge in [-0.15, -0.1) is 0 Å². The molecule has 0 aromatic carbocycles. The minimum atomic E-state index is -3.28. The molecule has 0 saturated carbocycles. The zero-order valence-corrected chi connectivity index (χ0v) is 13.2. The van der Waals surface area contributed by atoms with Gasteiger partial charge in [0.15, 0.2) is 0 Å². The second kappa shape index (κ2) is 7.12. The standard InChI is InChI=1S/2C6H10O3S/c1-6-3-2-4-9-10(7,8)5-6;1-6-4-2-3-5-9-10(6,7)8/h2,4,6H,3,5H2,1H3;3,5-6H,2,4H2,1H3. The maximum atomic E-state index is 10.9. The van der Waals surface area contributed by atoms with E-state index in [-0.39, 0.29) is 16.9 Å². The van der Waals surface area contributed by atoms with E-state index < -0.39 is 20.2 Å². The fourth-order valence-corrected chi connectivity index (χ4v) is 3.63. The van der Waals surface area contributed by atoms with Crippen molar-refractivity contribution in [2.45, 2.75) is 38.4 Å². The molecule has 2 atom stereocenters. The highest BCUT2D eigenvalue weighted by atomic mass is 32.2. The molecule has 0 aromatic heterocycles. The molecule has 0 aliphatic carbocycles. The van der Waals surface area contributed by atoms with Crippen molar-refractivity contribution in [2.24, 2.45) is 5.92 Å². The molecule has 0 fully saturated rings. The maximum absolute atomic E-state index is 10.9. The highest BCUT2D eigenvalue weighted by Crippen LogP contribution is 2.14. The Morgan fingerprint density at radius 1 is 1.00 bits per heavy atom. The first-order chi connectivity index (χ1) is 9.23. The molecule has 0 radical (unpaired) electrons. The smallest absolute Gasteiger partial charge is 0.311 e. The summed E-state index contributed by atoms with van der Waals surface area (Å²) in [5.74, 6) is 0.295. The van der Waals surface area contributed by atoms with Gasteiger partial charge in [0, 0.05) is 0 Å². The first-order valence-electron chi connectivity index (χ1n) is 6.36. The molecule has 116 valence electrons. The Kier molecular flexibility index (Phi) is 6.07. The van der Waals surface area contributed by atoms with Crippen molar-refractivity contribution in [1.29, 1.82) is 0 Å². The monoisotopic (exact) mass is 324 g/mol. The zero-order valence-electron chi connectivity index (χ0n) is 11.6. The highest BCUT2D eigenvalue weighted by Gasteiger charge is 2.21. The fourth-order valence-electron chi connectivity index (χ4n) is 1.62. The third-order valence-electron chi connectivity index (χ3n) is 2.84. The van der Waals surface area contributed by atoms with Gasteiger partial charge in [0.1, 0.15) is 12.5 Å². The van der Waals surface area contributed by atoms with E-state index in [9.17, 15) is 16.8 Å². The van der Waals surface area contributed by atoms with E-state index >= 15 is 0 Å². The summed E-state index contributed by atoms with van der Waals surface area (Å²) >= 11 is 0. The molecule has 0 spiro atoms. The van der Waals surface area contributed by atoms with Crippen LogP contribution in [0.2, 0.25) is 0 Å². The Balaban J connectivity index is 0.000000200. The summed E-state index contributed by atoms with van der Waals surface area (Å²) in [7, 11) is -6.54. The number of hydrogen-bond acceptors (Lipinski definition) is 6. The lowest BCUT2D eigenvalue weighted by atomic mass is 10.1. The average Bonchev–Trinajstić information content (AvgIpc) is 2.57. The highest BCUT2D eigenvalue weighted by molar-refractivity contribution is 7.87. The van der Waals surface area contributed by atoms with Gasteiger partial charge in [-0.2, -0.15) is 16.8 Å². The lowest BCUT2D eigenvalue weighted by Gasteiger charge is -2.06. The van der Waals surface area contributed by atoms with Gasteiger partial charge < -0.3 is 8.37 Å². The summed E-state index contributed by atoms with van der Waals surface area (Å²) in [6.45, 7) is 3.54. The Labute approximate surface area is 120 Å². The van der Waals surface area contributed by atoms with E-state index in [1.165, 1.54) is 12.5 Å². The summed E-state index contributed by atoms with van der Waals surface area (Å²) < 4.78 is 52.4. The number of rotatable bonds is 0. The molecular weight excluding hydrogens is 304 g/mol. The summed E-state index contributed by atoms with van der Waals surface area (Å²) in [5.41, 5.74) is 0. The molecular formula is C12H20O6S2. The maximum Gasteiger partial charge on any atom is 0.311 e. The summed E-state index contributed by atoms with van der Waals surface area (Å²) in [5, 5.41) is -0.373. The number of allylic oxidation sites excluding steroid dienone is 2. The van der Waals surface area contributed by atoms with Crippen LogP contribution in [0.1, 0.15) is 33.1 Å². The van der Waals surface area contributed by atoms with Crippen LogP contribution in [-0.4, -0.2) is 27.8 Å².